The van der Waals surface area contributed by atoms with Crippen LogP contribution in [0.2, 0.25) is 0 Å². The molecule has 1 fully saturated rings. The normalized spacial score (nSPS) is 16.6. The van der Waals surface area contributed by atoms with Gasteiger partial charge >= 0.3 is 5.97 Å². The minimum absolute atomic E-state index is 0.234. The van der Waals surface area contributed by atoms with E-state index in [2.05, 4.69) is 6.92 Å². The van der Waals surface area contributed by atoms with E-state index in [4.69, 9.17) is 9.47 Å². The Labute approximate surface area is 115 Å². The van der Waals surface area contributed by atoms with Gasteiger partial charge in [-0.15, -0.1) is 0 Å². The Morgan fingerprint density at radius 1 is 1.47 bits per heavy atom. The van der Waals surface area contributed by atoms with Crippen molar-refractivity contribution in [2.24, 2.45) is 5.92 Å². The zero-order valence-corrected chi connectivity index (χ0v) is 12.3. The van der Waals surface area contributed by atoms with Crippen molar-refractivity contribution in [3.63, 3.8) is 0 Å². The summed E-state index contributed by atoms with van der Waals surface area (Å²) in [7, 11) is 0. The lowest BCUT2D eigenvalue weighted by molar-refractivity contribution is 0.0459. The van der Waals surface area contributed by atoms with Crippen LogP contribution in [0.5, 0.6) is 0 Å². The van der Waals surface area contributed by atoms with Crippen molar-refractivity contribution in [3.8, 4) is 0 Å². The largest absolute Gasteiger partial charge is 0.462 e. The van der Waals surface area contributed by atoms with Crippen LogP contribution in [0.15, 0.2) is 24.3 Å². The van der Waals surface area contributed by atoms with Crippen LogP contribution in [0.4, 0.5) is 0 Å². The number of epoxide rings is 1. The molecule has 2 rings (SSSR count). The van der Waals surface area contributed by atoms with E-state index < -0.39 is 0 Å². The number of hydrogen-bond acceptors (Lipinski definition) is 3. The first-order valence-corrected chi connectivity index (χ1v) is 6.88. The molecule has 1 atom stereocenters. The van der Waals surface area contributed by atoms with Gasteiger partial charge in [-0.3, -0.25) is 0 Å². The maximum Gasteiger partial charge on any atom is 0.338 e. The van der Waals surface area contributed by atoms with Gasteiger partial charge in [0.2, 0.25) is 0 Å². The third-order valence-electron chi connectivity index (χ3n) is 2.66. The molecular weight excluding hydrogens is 240 g/mol. The molecule has 1 unspecified atom stereocenters. The van der Waals surface area contributed by atoms with Crippen LogP contribution < -0.4 is 0 Å². The van der Waals surface area contributed by atoms with Crippen LogP contribution in [0, 0.1) is 12.8 Å². The summed E-state index contributed by atoms with van der Waals surface area (Å²) in [4.78, 5) is 11.5. The first-order valence-electron chi connectivity index (χ1n) is 6.88. The Morgan fingerprint density at radius 2 is 2.16 bits per heavy atom. The molecule has 0 amide bonds. The third kappa shape index (κ3) is 6.97. The molecule has 0 radical (unpaired) electrons. The molecule has 0 saturated carbocycles. The van der Waals surface area contributed by atoms with Gasteiger partial charge in [-0.25, -0.2) is 4.79 Å². The second-order valence-corrected chi connectivity index (χ2v) is 5.23. The molecule has 0 aliphatic carbocycles. The van der Waals surface area contributed by atoms with Crippen LogP contribution in [0.25, 0.3) is 0 Å². The van der Waals surface area contributed by atoms with Gasteiger partial charge in [0.25, 0.3) is 0 Å². The average Bonchev–Trinajstić information content (AvgIpc) is 3.20. The molecule has 1 aromatic carbocycles. The van der Waals surface area contributed by atoms with Gasteiger partial charge in [0, 0.05) is 0 Å². The number of carbonyl (C=O) groups excluding carboxylic acids is 1. The van der Waals surface area contributed by atoms with Gasteiger partial charge in [-0.2, -0.15) is 0 Å². The maximum absolute atomic E-state index is 11.5. The van der Waals surface area contributed by atoms with Gasteiger partial charge in [0.15, 0.2) is 0 Å². The highest BCUT2D eigenvalue weighted by atomic mass is 16.6. The van der Waals surface area contributed by atoms with Gasteiger partial charge in [0.05, 0.1) is 24.9 Å². The molecule has 106 valence electrons. The van der Waals surface area contributed by atoms with Crippen molar-refractivity contribution in [1.29, 1.82) is 0 Å². The van der Waals surface area contributed by atoms with E-state index in [1.54, 1.807) is 6.07 Å². The average molecular weight is 264 g/mol. The highest BCUT2D eigenvalue weighted by Gasteiger charge is 2.18. The third-order valence-corrected chi connectivity index (χ3v) is 2.66. The molecule has 3 heteroatoms. The SMILES string of the molecule is CCC1CO1.Cc1cccc(C(=O)OCC(C)C)c1. The monoisotopic (exact) mass is 264 g/mol. The summed E-state index contributed by atoms with van der Waals surface area (Å²) >= 11 is 0. The van der Waals surface area contributed by atoms with Gasteiger partial charge in [-0.1, -0.05) is 38.5 Å². The van der Waals surface area contributed by atoms with Gasteiger partial charge in [-0.05, 0) is 31.4 Å². The zero-order valence-electron chi connectivity index (χ0n) is 12.3. The van der Waals surface area contributed by atoms with Crippen molar-refractivity contribution in [2.75, 3.05) is 13.2 Å². The molecule has 1 aliphatic rings. The molecule has 1 saturated heterocycles. The molecule has 3 nitrogen and oxygen atoms in total. The number of esters is 1. The lowest BCUT2D eigenvalue weighted by Crippen LogP contribution is -2.10. The molecular formula is C16H24O3. The standard InChI is InChI=1S/C12H16O2.C4H8O/c1-9(2)8-14-12(13)11-6-4-5-10(3)7-11;1-2-4-3-5-4/h4-7,9H,8H2,1-3H3;4H,2-3H2,1H3. The van der Waals surface area contributed by atoms with E-state index in [0.29, 0.717) is 24.2 Å². The number of aryl methyl sites for hydroxylation is 1. The van der Waals surface area contributed by atoms with Gasteiger partial charge < -0.3 is 9.47 Å². The number of rotatable bonds is 4. The second kappa shape index (κ2) is 7.95. The Balaban J connectivity index is 0.000000300. The quantitative estimate of drug-likeness (QED) is 0.616. The molecule has 0 bridgehead atoms. The first kappa shape index (κ1) is 15.7. The summed E-state index contributed by atoms with van der Waals surface area (Å²) < 4.78 is 9.96. The Kier molecular flexibility index (Phi) is 6.57. The minimum Gasteiger partial charge on any atom is -0.462 e. The van der Waals surface area contributed by atoms with E-state index >= 15 is 0 Å². The molecule has 19 heavy (non-hydrogen) atoms. The number of benzene rings is 1. The van der Waals surface area contributed by atoms with E-state index in [9.17, 15) is 4.79 Å². The Hall–Kier alpha value is -1.35. The van der Waals surface area contributed by atoms with Crippen LogP contribution in [0.1, 0.15) is 43.1 Å². The highest BCUT2D eigenvalue weighted by molar-refractivity contribution is 5.89. The number of ether oxygens (including phenoxy) is 2. The maximum atomic E-state index is 11.5. The Morgan fingerprint density at radius 3 is 2.58 bits per heavy atom. The molecule has 1 heterocycles. The number of hydrogen-bond donors (Lipinski definition) is 0. The fourth-order valence-corrected chi connectivity index (χ4v) is 1.40. The lowest BCUT2D eigenvalue weighted by atomic mass is 10.1. The van der Waals surface area contributed by atoms with E-state index in [-0.39, 0.29) is 5.97 Å². The summed E-state index contributed by atoms with van der Waals surface area (Å²) in [5, 5.41) is 0. The van der Waals surface area contributed by atoms with E-state index in [1.807, 2.05) is 39.0 Å². The molecule has 0 spiro atoms. The van der Waals surface area contributed by atoms with Crippen LogP contribution in [-0.2, 0) is 9.47 Å². The minimum atomic E-state index is -0.234. The van der Waals surface area contributed by atoms with E-state index in [0.717, 1.165) is 12.2 Å². The van der Waals surface area contributed by atoms with Crippen molar-refractivity contribution in [1.82, 2.24) is 0 Å². The van der Waals surface area contributed by atoms with Crippen molar-refractivity contribution >= 4 is 5.97 Å². The van der Waals surface area contributed by atoms with Crippen molar-refractivity contribution in [2.45, 2.75) is 40.2 Å². The fraction of sp³-hybridized carbons (Fsp3) is 0.562. The predicted octanol–water partition coefficient (Wildman–Crippen LogP) is 3.60. The zero-order chi connectivity index (χ0) is 14.3. The van der Waals surface area contributed by atoms with Crippen molar-refractivity contribution < 1.29 is 14.3 Å². The molecule has 1 aromatic rings. The number of carbonyl (C=O) groups is 1. The first-order chi connectivity index (χ1) is 9.02. The molecule has 0 aromatic heterocycles. The van der Waals surface area contributed by atoms with Crippen LogP contribution >= 0.6 is 0 Å². The van der Waals surface area contributed by atoms with Crippen LogP contribution in [-0.4, -0.2) is 25.3 Å². The van der Waals surface area contributed by atoms with Crippen molar-refractivity contribution in [3.05, 3.63) is 35.4 Å². The van der Waals surface area contributed by atoms with Gasteiger partial charge in [0.1, 0.15) is 0 Å². The lowest BCUT2D eigenvalue weighted by Gasteiger charge is -2.07. The molecule has 1 aliphatic heterocycles. The van der Waals surface area contributed by atoms with E-state index in [1.165, 1.54) is 6.42 Å². The summed E-state index contributed by atoms with van der Waals surface area (Å²) in [6.45, 7) is 9.62. The predicted molar refractivity (Wildman–Crippen MR) is 76.3 cm³/mol. The smallest absolute Gasteiger partial charge is 0.338 e. The Bertz CT molecular complexity index is 395. The summed E-state index contributed by atoms with van der Waals surface area (Å²) in [5.74, 6) is 0.145. The summed E-state index contributed by atoms with van der Waals surface area (Å²) in [6, 6.07) is 7.43. The summed E-state index contributed by atoms with van der Waals surface area (Å²) in [6.07, 6.45) is 1.83. The topological polar surface area (TPSA) is 38.8 Å². The summed E-state index contributed by atoms with van der Waals surface area (Å²) in [5.41, 5.74) is 1.70. The molecule has 0 N–H and O–H groups in total. The second-order valence-electron chi connectivity index (χ2n) is 5.23. The fourth-order valence-electron chi connectivity index (χ4n) is 1.40. The van der Waals surface area contributed by atoms with Crippen LogP contribution in [0.3, 0.4) is 0 Å². The highest BCUT2D eigenvalue weighted by Crippen LogP contribution is 2.11.